The van der Waals surface area contributed by atoms with Crippen molar-refractivity contribution in [1.29, 1.82) is 0 Å². The molecule has 0 aliphatic rings. The van der Waals surface area contributed by atoms with Crippen LogP contribution < -0.4 is 11.1 Å². The van der Waals surface area contributed by atoms with Gasteiger partial charge < -0.3 is 20.4 Å². The van der Waals surface area contributed by atoms with E-state index >= 15 is 0 Å². The lowest BCUT2D eigenvalue weighted by Gasteiger charge is -2.23. The van der Waals surface area contributed by atoms with Gasteiger partial charge in [0.1, 0.15) is 5.69 Å². The quantitative estimate of drug-likeness (QED) is 0.802. The average molecular weight is 267 g/mol. The smallest absolute Gasteiger partial charge is 0.355 e. The van der Waals surface area contributed by atoms with Crippen molar-refractivity contribution in [2.45, 2.75) is 39.3 Å². The van der Waals surface area contributed by atoms with Crippen LogP contribution in [0.2, 0.25) is 0 Å². The average Bonchev–Trinajstić information content (AvgIpc) is 2.55. The van der Waals surface area contributed by atoms with Gasteiger partial charge in [-0.3, -0.25) is 4.79 Å². The molecule has 3 N–H and O–H groups in total. The number of amides is 1. The topological polar surface area (TPSA) is 86.3 Å². The minimum absolute atomic E-state index is 0.313. The SMILES string of the molecule is CC(OC(=O)c1cc(N)cn1C)C(=O)NC(C)(C)C. The molecule has 6 heteroatoms. The largest absolute Gasteiger partial charge is 0.448 e. The summed E-state index contributed by atoms with van der Waals surface area (Å²) in [5.74, 6) is -0.904. The van der Waals surface area contributed by atoms with Crippen molar-refractivity contribution in [3.05, 3.63) is 18.0 Å². The molecular formula is C13H21N3O3. The third kappa shape index (κ3) is 4.31. The van der Waals surface area contributed by atoms with Gasteiger partial charge in [-0.15, -0.1) is 0 Å². The van der Waals surface area contributed by atoms with Gasteiger partial charge in [0.2, 0.25) is 0 Å². The van der Waals surface area contributed by atoms with Crippen LogP contribution in [0.15, 0.2) is 12.3 Å². The Morgan fingerprint density at radius 2 is 2.00 bits per heavy atom. The fourth-order valence-corrected chi connectivity index (χ4v) is 1.54. The molecule has 1 unspecified atom stereocenters. The van der Waals surface area contributed by atoms with E-state index in [0.717, 1.165) is 0 Å². The van der Waals surface area contributed by atoms with Crippen molar-refractivity contribution < 1.29 is 14.3 Å². The Bertz CT molecular complexity index is 486. The summed E-state index contributed by atoms with van der Waals surface area (Å²) in [4.78, 5) is 23.7. The first-order chi connectivity index (χ1) is 8.60. The van der Waals surface area contributed by atoms with E-state index in [1.165, 1.54) is 13.0 Å². The number of nitrogens with two attached hydrogens (primary N) is 1. The molecule has 0 fully saturated rings. The van der Waals surface area contributed by atoms with E-state index in [4.69, 9.17) is 10.5 Å². The molecule has 1 rings (SSSR count). The molecule has 0 bridgehead atoms. The normalized spacial score (nSPS) is 12.9. The zero-order valence-corrected chi connectivity index (χ0v) is 12.0. The number of carbonyl (C=O) groups is 2. The minimum Gasteiger partial charge on any atom is -0.448 e. The fraction of sp³-hybridized carbons (Fsp3) is 0.538. The van der Waals surface area contributed by atoms with Gasteiger partial charge in [-0.05, 0) is 33.8 Å². The number of rotatable bonds is 3. The number of hydrogen-bond donors (Lipinski definition) is 2. The van der Waals surface area contributed by atoms with Crippen molar-refractivity contribution in [3.63, 3.8) is 0 Å². The molecule has 0 aliphatic carbocycles. The van der Waals surface area contributed by atoms with Gasteiger partial charge in [-0.1, -0.05) is 0 Å². The Morgan fingerprint density at radius 3 is 2.42 bits per heavy atom. The Morgan fingerprint density at radius 1 is 1.42 bits per heavy atom. The first-order valence-electron chi connectivity index (χ1n) is 6.05. The highest BCUT2D eigenvalue weighted by Crippen LogP contribution is 2.11. The number of nitrogens with one attached hydrogen (secondary N) is 1. The molecule has 0 radical (unpaired) electrons. The molecule has 106 valence electrons. The predicted octanol–water partition coefficient (Wildman–Crippen LogP) is 1.07. The van der Waals surface area contributed by atoms with Gasteiger partial charge in [-0.2, -0.15) is 0 Å². The Balaban J connectivity index is 2.67. The number of anilines is 1. The summed E-state index contributed by atoms with van der Waals surface area (Å²) in [5.41, 5.74) is 6.00. The molecule has 1 amide bonds. The predicted molar refractivity (Wildman–Crippen MR) is 72.6 cm³/mol. The van der Waals surface area contributed by atoms with Gasteiger partial charge in [-0.25, -0.2) is 4.79 Å². The maximum atomic E-state index is 11.9. The van der Waals surface area contributed by atoms with Crippen molar-refractivity contribution in [2.75, 3.05) is 5.73 Å². The van der Waals surface area contributed by atoms with E-state index in [9.17, 15) is 9.59 Å². The van der Waals surface area contributed by atoms with Crippen LogP contribution in [-0.4, -0.2) is 28.1 Å². The van der Waals surface area contributed by atoms with Crippen LogP contribution in [0, 0.1) is 0 Å². The summed E-state index contributed by atoms with van der Waals surface area (Å²) in [5, 5.41) is 2.75. The number of nitrogens with zero attached hydrogens (tertiary/aromatic N) is 1. The summed E-state index contributed by atoms with van der Waals surface area (Å²) >= 11 is 0. The lowest BCUT2D eigenvalue weighted by molar-refractivity contribution is -0.130. The van der Waals surface area contributed by atoms with Crippen LogP contribution in [0.5, 0.6) is 0 Å². The molecule has 6 nitrogen and oxygen atoms in total. The van der Waals surface area contributed by atoms with E-state index in [2.05, 4.69) is 5.32 Å². The minimum atomic E-state index is -0.858. The molecule has 1 aromatic heterocycles. The molecule has 1 heterocycles. The monoisotopic (exact) mass is 267 g/mol. The van der Waals surface area contributed by atoms with Crippen molar-refractivity contribution in [1.82, 2.24) is 9.88 Å². The highest BCUT2D eigenvalue weighted by molar-refractivity contribution is 5.92. The summed E-state index contributed by atoms with van der Waals surface area (Å²) in [7, 11) is 1.69. The third-order valence-electron chi connectivity index (χ3n) is 2.39. The third-order valence-corrected chi connectivity index (χ3v) is 2.39. The lowest BCUT2D eigenvalue weighted by atomic mass is 10.1. The maximum absolute atomic E-state index is 11.9. The molecule has 0 spiro atoms. The Labute approximate surface area is 112 Å². The summed E-state index contributed by atoms with van der Waals surface area (Å²) < 4.78 is 6.67. The first kappa shape index (κ1) is 15.1. The van der Waals surface area contributed by atoms with Crippen LogP contribution >= 0.6 is 0 Å². The van der Waals surface area contributed by atoms with E-state index in [0.29, 0.717) is 11.4 Å². The van der Waals surface area contributed by atoms with Crippen molar-refractivity contribution in [2.24, 2.45) is 7.05 Å². The number of aryl methyl sites for hydroxylation is 1. The van der Waals surface area contributed by atoms with Gasteiger partial charge >= 0.3 is 5.97 Å². The fourth-order valence-electron chi connectivity index (χ4n) is 1.54. The summed E-state index contributed by atoms with van der Waals surface area (Å²) in [6, 6.07) is 1.51. The summed E-state index contributed by atoms with van der Waals surface area (Å²) in [6.07, 6.45) is 0.749. The number of carbonyl (C=O) groups excluding carboxylic acids is 2. The maximum Gasteiger partial charge on any atom is 0.355 e. The molecule has 0 aromatic carbocycles. The first-order valence-corrected chi connectivity index (χ1v) is 6.05. The molecule has 19 heavy (non-hydrogen) atoms. The standard InChI is InChI=1S/C13H21N3O3/c1-8(11(17)15-13(2,3)4)19-12(18)10-6-9(14)7-16(10)5/h6-8H,14H2,1-5H3,(H,15,17). The molecule has 0 aliphatic heterocycles. The number of aromatic nitrogens is 1. The molecular weight excluding hydrogens is 246 g/mol. The van der Waals surface area contributed by atoms with E-state index in [1.54, 1.807) is 17.8 Å². The van der Waals surface area contributed by atoms with E-state index < -0.39 is 12.1 Å². The second-order valence-corrected chi connectivity index (χ2v) is 5.56. The highest BCUT2D eigenvalue weighted by Gasteiger charge is 2.23. The second kappa shape index (κ2) is 5.34. The van der Waals surface area contributed by atoms with E-state index in [1.807, 2.05) is 20.8 Å². The zero-order valence-electron chi connectivity index (χ0n) is 12.0. The van der Waals surface area contributed by atoms with Crippen molar-refractivity contribution in [3.8, 4) is 0 Å². The van der Waals surface area contributed by atoms with Crippen LogP contribution in [-0.2, 0) is 16.6 Å². The Kier molecular flexibility index (Phi) is 4.24. The van der Waals surface area contributed by atoms with Gasteiger partial charge in [0.05, 0.1) is 5.69 Å². The Hall–Kier alpha value is -1.98. The van der Waals surface area contributed by atoms with Gasteiger partial charge in [0, 0.05) is 18.8 Å². The van der Waals surface area contributed by atoms with Crippen LogP contribution in [0.25, 0.3) is 0 Å². The van der Waals surface area contributed by atoms with Gasteiger partial charge in [0.25, 0.3) is 5.91 Å². The molecule has 0 saturated heterocycles. The summed E-state index contributed by atoms with van der Waals surface area (Å²) in [6.45, 7) is 7.11. The molecule has 0 saturated carbocycles. The molecule has 1 atom stereocenters. The van der Waals surface area contributed by atoms with Crippen molar-refractivity contribution >= 4 is 17.6 Å². The van der Waals surface area contributed by atoms with Crippen LogP contribution in [0.1, 0.15) is 38.2 Å². The molecule has 1 aromatic rings. The van der Waals surface area contributed by atoms with Crippen LogP contribution in [0.4, 0.5) is 5.69 Å². The number of nitrogen functional groups attached to an aromatic ring is 1. The number of hydrogen-bond acceptors (Lipinski definition) is 4. The van der Waals surface area contributed by atoms with E-state index in [-0.39, 0.29) is 11.4 Å². The number of esters is 1. The lowest BCUT2D eigenvalue weighted by Crippen LogP contribution is -2.46. The zero-order chi connectivity index (χ0) is 14.8. The van der Waals surface area contributed by atoms with Gasteiger partial charge in [0.15, 0.2) is 6.10 Å². The highest BCUT2D eigenvalue weighted by atomic mass is 16.5. The number of ether oxygens (including phenoxy) is 1. The van der Waals surface area contributed by atoms with Crippen LogP contribution in [0.3, 0.4) is 0 Å². The second-order valence-electron chi connectivity index (χ2n) is 5.56.